The summed E-state index contributed by atoms with van der Waals surface area (Å²) in [4.78, 5) is 13.7. The first kappa shape index (κ1) is 23.3. The van der Waals surface area contributed by atoms with E-state index < -0.39 is 5.97 Å². The van der Waals surface area contributed by atoms with E-state index in [9.17, 15) is 9.90 Å². The summed E-state index contributed by atoms with van der Waals surface area (Å²) in [5.41, 5.74) is 7.01. The quantitative estimate of drug-likeness (QED) is 0.552. The monoisotopic (exact) mass is 471 g/mol. The third-order valence-corrected chi connectivity index (χ3v) is 7.58. The van der Waals surface area contributed by atoms with Gasteiger partial charge >= 0.3 is 5.97 Å². The van der Waals surface area contributed by atoms with Gasteiger partial charge in [-0.05, 0) is 86.2 Å². The minimum atomic E-state index is -0.916. The van der Waals surface area contributed by atoms with Gasteiger partial charge in [-0.15, -0.1) is 0 Å². The number of hydrogen-bond donors (Lipinski definition) is 1. The van der Waals surface area contributed by atoms with Crippen LogP contribution in [0.1, 0.15) is 56.5 Å². The minimum Gasteiger partial charge on any atom is -0.493 e. The van der Waals surface area contributed by atoms with Gasteiger partial charge in [0, 0.05) is 24.7 Å². The lowest BCUT2D eigenvalue weighted by atomic mass is 9.73. The van der Waals surface area contributed by atoms with E-state index >= 15 is 0 Å². The molecule has 0 radical (unpaired) electrons. The second kappa shape index (κ2) is 8.04. The molecule has 5 rings (SSSR count). The molecule has 0 saturated carbocycles. The second-order valence-electron chi connectivity index (χ2n) is 11.0. The van der Waals surface area contributed by atoms with Crippen LogP contribution < -0.4 is 0 Å². The van der Waals surface area contributed by atoms with E-state index in [4.69, 9.17) is 9.47 Å². The third-order valence-electron chi connectivity index (χ3n) is 7.58. The van der Waals surface area contributed by atoms with Gasteiger partial charge in [0.25, 0.3) is 0 Å². The summed E-state index contributed by atoms with van der Waals surface area (Å²) in [5, 5.41) is 9.26. The number of hydrogen-bond acceptors (Lipinski definition) is 4. The molecular weight excluding hydrogens is 438 g/mol. The molecule has 0 aromatic heterocycles. The van der Waals surface area contributed by atoms with E-state index in [1.165, 1.54) is 16.8 Å². The van der Waals surface area contributed by atoms with Crippen molar-refractivity contribution in [3.8, 4) is 11.1 Å². The number of allylic oxidation sites excluding steroid dienone is 2. The summed E-state index contributed by atoms with van der Waals surface area (Å²) in [7, 11) is 3.91. The zero-order chi connectivity index (χ0) is 25.1. The Bertz CT molecular complexity index is 1290. The van der Waals surface area contributed by atoms with Crippen LogP contribution in [0.15, 0.2) is 77.3 Å². The Balaban J connectivity index is 1.68. The first-order chi connectivity index (χ1) is 16.5. The Labute approximate surface area is 207 Å². The Morgan fingerprint density at radius 2 is 1.74 bits per heavy atom. The molecule has 1 fully saturated rings. The highest BCUT2D eigenvalue weighted by Crippen LogP contribution is 2.54. The maximum absolute atomic E-state index is 11.3. The topological polar surface area (TPSA) is 59.0 Å². The van der Waals surface area contributed by atoms with Gasteiger partial charge in [0.1, 0.15) is 11.4 Å². The zero-order valence-corrected chi connectivity index (χ0v) is 21.3. The minimum absolute atomic E-state index is 0.0743. The number of aromatic carboxylic acids is 1. The highest BCUT2D eigenvalue weighted by atomic mass is 16.5. The van der Waals surface area contributed by atoms with Gasteiger partial charge < -0.3 is 19.5 Å². The second-order valence-corrected chi connectivity index (χ2v) is 11.0. The van der Waals surface area contributed by atoms with Crippen molar-refractivity contribution in [1.82, 2.24) is 4.90 Å². The lowest BCUT2D eigenvalue weighted by Gasteiger charge is -2.47. The molecule has 2 aromatic carbocycles. The largest absolute Gasteiger partial charge is 0.493 e. The number of ether oxygens (including phenoxy) is 2. The predicted molar refractivity (Wildman–Crippen MR) is 138 cm³/mol. The zero-order valence-electron chi connectivity index (χ0n) is 21.3. The van der Waals surface area contributed by atoms with Crippen molar-refractivity contribution in [1.29, 1.82) is 0 Å². The SMILES string of the molecule is COC1=C2OC(C)(C)CC2C2=C(c3cccc(-c4ccc(C(=O)O)cc4)c3)N(C)C(C)(C)CC2=C1. The van der Waals surface area contributed by atoms with Crippen LogP contribution in [0, 0.1) is 5.92 Å². The van der Waals surface area contributed by atoms with E-state index in [2.05, 4.69) is 70.0 Å². The van der Waals surface area contributed by atoms with Gasteiger partial charge in [0.05, 0.1) is 18.6 Å². The van der Waals surface area contributed by atoms with Crippen LogP contribution in [0.25, 0.3) is 16.8 Å². The van der Waals surface area contributed by atoms with Crippen molar-refractivity contribution >= 4 is 11.7 Å². The number of rotatable bonds is 4. The normalized spacial score (nSPS) is 22.3. The van der Waals surface area contributed by atoms with Gasteiger partial charge in [0.2, 0.25) is 0 Å². The van der Waals surface area contributed by atoms with Crippen LogP contribution >= 0.6 is 0 Å². The molecule has 0 bridgehead atoms. The summed E-state index contributed by atoms with van der Waals surface area (Å²) >= 11 is 0. The molecule has 5 heteroatoms. The standard InChI is InChI=1S/C30H33NO4/c1-29(2)16-22-15-24(34-6)27-23(17-30(3,4)35-27)25(22)26(31(29)5)21-9-7-8-20(14-21)18-10-12-19(13-11-18)28(32)33/h7-15,23H,16-17H2,1-6H3,(H,32,33). The molecule has 1 N–H and O–H groups in total. The van der Waals surface area contributed by atoms with Gasteiger partial charge in [0.15, 0.2) is 5.76 Å². The summed E-state index contributed by atoms with van der Waals surface area (Å²) in [6.45, 7) is 8.84. The van der Waals surface area contributed by atoms with Crippen LogP contribution in [0.3, 0.4) is 0 Å². The summed E-state index contributed by atoms with van der Waals surface area (Å²) < 4.78 is 12.2. The Kier molecular flexibility index (Phi) is 5.35. The van der Waals surface area contributed by atoms with Crippen LogP contribution in [-0.4, -0.2) is 41.3 Å². The van der Waals surface area contributed by atoms with Crippen molar-refractivity contribution in [2.75, 3.05) is 14.2 Å². The van der Waals surface area contributed by atoms with E-state index in [1.807, 2.05) is 12.1 Å². The molecule has 3 aliphatic rings. The van der Waals surface area contributed by atoms with Crippen LogP contribution in [0.2, 0.25) is 0 Å². The Hall–Kier alpha value is -3.47. The molecule has 2 aromatic rings. The molecule has 2 heterocycles. The first-order valence-electron chi connectivity index (χ1n) is 12.1. The predicted octanol–water partition coefficient (Wildman–Crippen LogP) is 6.49. The lowest BCUT2D eigenvalue weighted by molar-refractivity contribution is 0.0676. The summed E-state index contributed by atoms with van der Waals surface area (Å²) in [6, 6.07) is 15.6. The molecule has 2 aliphatic heterocycles. The molecule has 5 nitrogen and oxygen atoms in total. The fraction of sp³-hybridized carbons (Fsp3) is 0.367. The summed E-state index contributed by atoms with van der Waals surface area (Å²) in [6.07, 6.45) is 4.00. The number of benzene rings is 2. The van der Waals surface area contributed by atoms with Gasteiger partial charge in [-0.2, -0.15) is 0 Å². The molecule has 1 saturated heterocycles. The average molecular weight is 472 g/mol. The number of carboxylic acids is 1. The van der Waals surface area contributed by atoms with Crippen molar-refractivity contribution in [2.45, 2.75) is 51.7 Å². The Morgan fingerprint density at radius 1 is 1.06 bits per heavy atom. The molecule has 1 aliphatic carbocycles. The fourth-order valence-electron chi connectivity index (χ4n) is 5.67. The smallest absolute Gasteiger partial charge is 0.335 e. The van der Waals surface area contributed by atoms with Crippen LogP contribution in [0.4, 0.5) is 0 Å². The van der Waals surface area contributed by atoms with E-state index in [0.29, 0.717) is 0 Å². The first-order valence-corrected chi connectivity index (χ1v) is 12.1. The number of fused-ring (bicyclic) bond motifs is 3. The highest BCUT2D eigenvalue weighted by molar-refractivity contribution is 5.88. The van der Waals surface area contributed by atoms with Crippen molar-refractivity contribution in [3.05, 3.63) is 88.4 Å². The van der Waals surface area contributed by atoms with Crippen molar-refractivity contribution in [2.24, 2.45) is 5.92 Å². The van der Waals surface area contributed by atoms with E-state index in [0.717, 1.165) is 41.1 Å². The molecule has 182 valence electrons. The maximum atomic E-state index is 11.3. The van der Waals surface area contributed by atoms with Crippen molar-refractivity contribution < 1.29 is 19.4 Å². The average Bonchev–Trinajstić information content (AvgIpc) is 3.14. The van der Waals surface area contributed by atoms with Crippen molar-refractivity contribution in [3.63, 3.8) is 0 Å². The van der Waals surface area contributed by atoms with E-state index in [-0.39, 0.29) is 22.6 Å². The molecular formula is C30H33NO4. The van der Waals surface area contributed by atoms with Gasteiger partial charge in [-0.25, -0.2) is 4.79 Å². The maximum Gasteiger partial charge on any atom is 0.335 e. The molecule has 0 amide bonds. The Morgan fingerprint density at radius 3 is 2.40 bits per heavy atom. The molecule has 1 atom stereocenters. The number of methoxy groups -OCH3 is 1. The fourth-order valence-corrected chi connectivity index (χ4v) is 5.67. The van der Waals surface area contributed by atoms with Gasteiger partial charge in [-0.1, -0.05) is 30.3 Å². The van der Waals surface area contributed by atoms with Crippen LogP contribution in [0.5, 0.6) is 0 Å². The van der Waals surface area contributed by atoms with Crippen LogP contribution in [-0.2, 0) is 9.47 Å². The number of nitrogens with zero attached hydrogens (tertiary/aromatic N) is 1. The third kappa shape index (κ3) is 3.93. The molecule has 0 spiro atoms. The number of carboxylic acid groups (broad SMARTS) is 1. The van der Waals surface area contributed by atoms with E-state index in [1.54, 1.807) is 19.2 Å². The number of carbonyl (C=O) groups is 1. The molecule has 1 unspecified atom stereocenters. The highest BCUT2D eigenvalue weighted by Gasteiger charge is 2.48. The lowest BCUT2D eigenvalue weighted by Crippen LogP contribution is -2.45. The summed E-state index contributed by atoms with van der Waals surface area (Å²) in [5.74, 6) is 1.00. The van der Waals surface area contributed by atoms with Gasteiger partial charge in [-0.3, -0.25) is 0 Å². The molecule has 35 heavy (non-hydrogen) atoms.